The summed E-state index contributed by atoms with van der Waals surface area (Å²) >= 11 is 0. The van der Waals surface area contributed by atoms with Crippen LogP contribution in [0, 0.1) is 5.82 Å². The van der Waals surface area contributed by atoms with E-state index in [1.807, 2.05) is 19.9 Å². The summed E-state index contributed by atoms with van der Waals surface area (Å²) in [6.45, 7) is 4.64. The molecule has 5 heteroatoms. The van der Waals surface area contributed by atoms with Gasteiger partial charge in [0.25, 0.3) is 0 Å². The average molecular weight is 282 g/mol. The van der Waals surface area contributed by atoms with Crippen molar-refractivity contribution in [3.63, 3.8) is 0 Å². The van der Waals surface area contributed by atoms with Gasteiger partial charge in [0.1, 0.15) is 5.82 Å². The molecule has 0 saturated carbocycles. The number of carbonyl (C=O) groups is 1. The van der Waals surface area contributed by atoms with E-state index in [0.717, 1.165) is 5.56 Å². The first-order valence-corrected chi connectivity index (χ1v) is 6.64. The van der Waals surface area contributed by atoms with Crippen LogP contribution >= 0.6 is 0 Å². The Hall–Kier alpha value is -1.46. The lowest BCUT2D eigenvalue weighted by Crippen LogP contribution is -2.39. The number of methoxy groups -OCH3 is 1. The van der Waals surface area contributed by atoms with E-state index in [-0.39, 0.29) is 29.7 Å². The Morgan fingerprint density at radius 3 is 2.75 bits per heavy atom. The van der Waals surface area contributed by atoms with Gasteiger partial charge in [-0.05, 0) is 17.7 Å². The summed E-state index contributed by atoms with van der Waals surface area (Å²) in [6, 6.07) is 6.42. The minimum absolute atomic E-state index is 0.119. The molecule has 0 fully saturated rings. The number of nitrogens with two attached hydrogens (primary N) is 1. The molecule has 0 aliphatic carbocycles. The van der Waals surface area contributed by atoms with Crippen molar-refractivity contribution in [2.24, 2.45) is 5.73 Å². The number of hydrogen-bond donors (Lipinski definition) is 2. The van der Waals surface area contributed by atoms with Crippen LogP contribution in [0.25, 0.3) is 0 Å². The zero-order valence-corrected chi connectivity index (χ0v) is 12.3. The van der Waals surface area contributed by atoms with Crippen molar-refractivity contribution in [2.45, 2.75) is 31.8 Å². The minimum Gasteiger partial charge on any atom is -0.380 e. The molecule has 0 aliphatic heterocycles. The molecule has 1 unspecified atom stereocenters. The van der Waals surface area contributed by atoms with Crippen LogP contribution in [0.4, 0.5) is 4.39 Å². The van der Waals surface area contributed by atoms with Gasteiger partial charge in [0, 0.05) is 25.6 Å². The first kappa shape index (κ1) is 16.6. The molecule has 1 aromatic rings. The van der Waals surface area contributed by atoms with Crippen molar-refractivity contribution in [3.05, 3.63) is 35.6 Å². The summed E-state index contributed by atoms with van der Waals surface area (Å²) in [5, 5.41) is 2.84. The highest BCUT2D eigenvalue weighted by molar-refractivity contribution is 5.76. The molecule has 0 aliphatic rings. The van der Waals surface area contributed by atoms with Crippen molar-refractivity contribution in [1.29, 1.82) is 0 Å². The Bertz CT molecular complexity index is 445. The third-order valence-corrected chi connectivity index (χ3v) is 3.34. The maximum absolute atomic E-state index is 13.2. The van der Waals surface area contributed by atoms with Gasteiger partial charge in [-0.1, -0.05) is 26.0 Å². The monoisotopic (exact) mass is 282 g/mol. The van der Waals surface area contributed by atoms with Gasteiger partial charge in [-0.3, -0.25) is 4.79 Å². The van der Waals surface area contributed by atoms with Crippen molar-refractivity contribution in [3.8, 4) is 0 Å². The number of nitrogens with one attached hydrogen (secondary N) is 1. The zero-order chi connectivity index (χ0) is 15.2. The van der Waals surface area contributed by atoms with Gasteiger partial charge in [-0.25, -0.2) is 4.39 Å². The predicted octanol–water partition coefficient (Wildman–Crippen LogP) is 1.58. The molecule has 1 rings (SSSR count). The van der Waals surface area contributed by atoms with Crippen molar-refractivity contribution < 1.29 is 13.9 Å². The molecular formula is C15H23FN2O2. The van der Waals surface area contributed by atoms with Crippen LogP contribution in [0.3, 0.4) is 0 Å². The maximum atomic E-state index is 13.2. The quantitative estimate of drug-likeness (QED) is 0.798. The summed E-state index contributed by atoms with van der Waals surface area (Å²) in [6.07, 6.45) is -0.0426. The van der Waals surface area contributed by atoms with Crippen LogP contribution in [0.2, 0.25) is 0 Å². The molecule has 3 N–H and O–H groups in total. The highest BCUT2D eigenvalue weighted by Crippen LogP contribution is 2.22. The standard InChI is InChI=1S/C15H23FN2O2/c1-15(2,11-5-4-6-12(16)7-11)10-18-14(19)8-13(9-17)20-3/h4-7,13H,8-10,17H2,1-3H3,(H,18,19). The lowest BCUT2D eigenvalue weighted by atomic mass is 9.84. The fourth-order valence-electron chi connectivity index (χ4n) is 1.87. The molecule has 112 valence electrons. The van der Waals surface area contributed by atoms with Crippen LogP contribution in [-0.2, 0) is 14.9 Å². The SMILES string of the molecule is COC(CN)CC(=O)NCC(C)(C)c1cccc(F)c1. The topological polar surface area (TPSA) is 64.3 Å². The lowest BCUT2D eigenvalue weighted by Gasteiger charge is -2.26. The van der Waals surface area contributed by atoms with Gasteiger partial charge in [0.05, 0.1) is 12.5 Å². The van der Waals surface area contributed by atoms with E-state index >= 15 is 0 Å². The van der Waals surface area contributed by atoms with E-state index in [2.05, 4.69) is 5.32 Å². The number of rotatable bonds is 7. The fraction of sp³-hybridized carbons (Fsp3) is 0.533. The lowest BCUT2D eigenvalue weighted by molar-refractivity contribution is -0.123. The van der Waals surface area contributed by atoms with E-state index < -0.39 is 0 Å². The average Bonchev–Trinajstić information content (AvgIpc) is 2.42. The van der Waals surface area contributed by atoms with Crippen LogP contribution in [0.1, 0.15) is 25.8 Å². The highest BCUT2D eigenvalue weighted by Gasteiger charge is 2.22. The number of hydrogen-bond acceptors (Lipinski definition) is 3. The summed E-state index contributed by atoms with van der Waals surface area (Å²) < 4.78 is 18.3. The number of ether oxygens (including phenoxy) is 1. The molecular weight excluding hydrogens is 259 g/mol. The van der Waals surface area contributed by atoms with Crippen molar-refractivity contribution in [1.82, 2.24) is 5.32 Å². The van der Waals surface area contributed by atoms with E-state index in [0.29, 0.717) is 13.1 Å². The van der Waals surface area contributed by atoms with Crippen LogP contribution in [-0.4, -0.2) is 32.2 Å². The second kappa shape index (κ2) is 7.36. The summed E-state index contributed by atoms with van der Waals surface area (Å²) in [7, 11) is 1.53. The summed E-state index contributed by atoms with van der Waals surface area (Å²) in [5.41, 5.74) is 5.98. The predicted molar refractivity (Wildman–Crippen MR) is 76.9 cm³/mol. The largest absolute Gasteiger partial charge is 0.380 e. The first-order valence-electron chi connectivity index (χ1n) is 6.64. The molecule has 1 aromatic carbocycles. The Morgan fingerprint density at radius 1 is 1.50 bits per heavy atom. The van der Waals surface area contributed by atoms with Gasteiger partial charge in [0.15, 0.2) is 0 Å². The van der Waals surface area contributed by atoms with Crippen LogP contribution in [0.5, 0.6) is 0 Å². The molecule has 4 nitrogen and oxygen atoms in total. The van der Waals surface area contributed by atoms with E-state index in [1.54, 1.807) is 6.07 Å². The number of carbonyl (C=O) groups excluding carboxylic acids is 1. The van der Waals surface area contributed by atoms with Crippen molar-refractivity contribution in [2.75, 3.05) is 20.2 Å². The third kappa shape index (κ3) is 4.90. The maximum Gasteiger partial charge on any atom is 0.222 e. The van der Waals surface area contributed by atoms with Gasteiger partial charge in [0.2, 0.25) is 5.91 Å². The summed E-state index contributed by atoms with van der Waals surface area (Å²) in [4.78, 5) is 11.8. The van der Waals surface area contributed by atoms with Crippen LogP contribution in [0.15, 0.2) is 24.3 Å². The molecule has 0 radical (unpaired) electrons. The molecule has 0 aromatic heterocycles. The van der Waals surface area contributed by atoms with Gasteiger partial charge in [-0.2, -0.15) is 0 Å². The fourth-order valence-corrected chi connectivity index (χ4v) is 1.87. The second-order valence-corrected chi connectivity index (χ2v) is 5.47. The highest BCUT2D eigenvalue weighted by atomic mass is 19.1. The molecule has 0 bridgehead atoms. The molecule has 0 spiro atoms. The minimum atomic E-state index is -0.344. The Kier molecular flexibility index (Phi) is 6.10. The Balaban J connectivity index is 2.57. The second-order valence-electron chi connectivity index (χ2n) is 5.47. The normalized spacial score (nSPS) is 13.1. The van der Waals surface area contributed by atoms with E-state index in [4.69, 9.17) is 10.5 Å². The van der Waals surface area contributed by atoms with Gasteiger partial charge < -0.3 is 15.8 Å². The summed E-state index contributed by atoms with van der Waals surface area (Å²) in [5.74, 6) is -0.392. The van der Waals surface area contributed by atoms with Crippen LogP contribution < -0.4 is 11.1 Å². The van der Waals surface area contributed by atoms with E-state index in [9.17, 15) is 9.18 Å². The Morgan fingerprint density at radius 2 is 2.20 bits per heavy atom. The molecule has 20 heavy (non-hydrogen) atoms. The van der Waals surface area contributed by atoms with Gasteiger partial charge in [-0.15, -0.1) is 0 Å². The number of halogens is 1. The molecule has 0 saturated heterocycles. The van der Waals surface area contributed by atoms with E-state index in [1.165, 1.54) is 19.2 Å². The number of amides is 1. The molecule has 1 amide bonds. The molecule has 1 atom stereocenters. The Labute approximate surface area is 119 Å². The molecule has 0 heterocycles. The zero-order valence-electron chi connectivity index (χ0n) is 12.3. The third-order valence-electron chi connectivity index (χ3n) is 3.34. The van der Waals surface area contributed by atoms with Gasteiger partial charge >= 0.3 is 0 Å². The smallest absolute Gasteiger partial charge is 0.222 e. The van der Waals surface area contributed by atoms with Crippen molar-refractivity contribution >= 4 is 5.91 Å². The first-order chi connectivity index (χ1) is 9.39. The number of benzene rings is 1.